The van der Waals surface area contributed by atoms with Crippen molar-refractivity contribution in [3.05, 3.63) is 79.1 Å². The summed E-state index contributed by atoms with van der Waals surface area (Å²) in [7, 11) is -3.67. The summed E-state index contributed by atoms with van der Waals surface area (Å²) < 4.78 is 67.0. The average Bonchev–Trinajstić information content (AvgIpc) is 2.89. The molecule has 3 aromatic carbocycles. The number of hydrogen-bond donors (Lipinski definition) is 1. The van der Waals surface area contributed by atoms with Crippen molar-refractivity contribution in [3.8, 4) is 5.75 Å². The minimum Gasteiger partial charge on any atom is -0.406 e. The van der Waals surface area contributed by atoms with Crippen molar-refractivity contribution in [2.24, 2.45) is 0 Å². The molecule has 0 aliphatic carbocycles. The molecule has 1 aliphatic rings. The molecule has 1 aliphatic heterocycles. The van der Waals surface area contributed by atoms with Crippen LogP contribution < -0.4 is 15.0 Å². The molecule has 0 spiro atoms. The van der Waals surface area contributed by atoms with E-state index >= 15 is 0 Å². The van der Waals surface area contributed by atoms with Crippen molar-refractivity contribution in [1.29, 1.82) is 0 Å². The van der Waals surface area contributed by atoms with Crippen LogP contribution in [0.5, 0.6) is 5.75 Å². The van der Waals surface area contributed by atoms with Gasteiger partial charge in [0.1, 0.15) is 17.9 Å². The topological polar surface area (TPSA) is 84.4 Å². The molecule has 192 valence electrons. The van der Waals surface area contributed by atoms with Crippen molar-refractivity contribution in [1.82, 2.24) is 9.97 Å². The number of piperidine rings is 1. The minimum atomic E-state index is -4.83. The molecule has 0 radical (unpaired) electrons. The number of alkyl halides is 3. The van der Waals surface area contributed by atoms with Crippen molar-refractivity contribution < 1.29 is 26.3 Å². The van der Waals surface area contributed by atoms with Gasteiger partial charge in [-0.1, -0.05) is 12.1 Å². The van der Waals surface area contributed by atoms with Gasteiger partial charge in [0.15, 0.2) is 9.84 Å². The Hall–Kier alpha value is -3.86. The van der Waals surface area contributed by atoms with Crippen LogP contribution in [-0.4, -0.2) is 43.1 Å². The number of para-hydroxylation sites is 1. The number of nitrogens with one attached hydrogen (secondary N) is 1. The Kier molecular flexibility index (Phi) is 6.63. The predicted octanol–water partition coefficient (Wildman–Crippen LogP) is 5.71. The van der Waals surface area contributed by atoms with E-state index in [1.165, 1.54) is 6.33 Å². The number of sulfone groups is 1. The molecule has 2 heterocycles. The molecule has 1 N–H and O–H groups in total. The van der Waals surface area contributed by atoms with E-state index < -0.39 is 27.2 Å². The molecule has 1 saturated heterocycles. The second kappa shape index (κ2) is 9.89. The number of fused-ring (bicyclic) bond motifs is 1. The summed E-state index contributed by atoms with van der Waals surface area (Å²) in [6.45, 7) is 1.09. The van der Waals surface area contributed by atoms with Crippen LogP contribution in [0.2, 0.25) is 0 Å². The number of hydrogen-bond acceptors (Lipinski definition) is 7. The first-order valence-electron chi connectivity index (χ1n) is 11.6. The first-order valence-corrected chi connectivity index (χ1v) is 13.2. The molecular weight excluding hydrogens is 505 g/mol. The normalized spacial score (nSPS) is 15.1. The molecule has 0 bridgehead atoms. The van der Waals surface area contributed by atoms with Gasteiger partial charge >= 0.3 is 6.36 Å². The minimum absolute atomic E-state index is 0.00635. The van der Waals surface area contributed by atoms with Gasteiger partial charge in [-0.25, -0.2) is 18.4 Å². The maximum absolute atomic E-state index is 13.0. The first kappa shape index (κ1) is 24.8. The lowest BCUT2D eigenvalue weighted by molar-refractivity contribution is -0.274. The van der Waals surface area contributed by atoms with Gasteiger partial charge in [0.2, 0.25) is 0 Å². The highest BCUT2D eigenvalue weighted by molar-refractivity contribution is 7.92. The number of ether oxygens (including phenoxy) is 1. The van der Waals surface area contributed by atoms with Crippen LogP contribution in [0.3, 0.4) is 0 Å². The van der Waals surface area contributed by atoms with Gasteiger partial charge in [0.25, 0.3) is 0 Å². The molecule has 1 aromatic heterocycles. The molecule has 5 rings (SSSR count). The van der Waals surface area contributed by atoms with E-state index in [1.807, 2.05) is 48.5 Å². The standard InChI is InChI=1S/C26H23F3N4O3S/c27-26(28,29)36-20-9-11-21(12-10-20)37(34,35)22-13-15-33(16-14-22)19-7-5-18(6-8-19)32-25-23-3-1-2-4-24(23)30-17-31-25/h1-12,17,22H,13-16H2,(H,30,31,32). The molecule has 1 fully saturated rings. The molecule has 0 amide bonds. The fourth-order valence-electron chi connectivity index (χ4n) is 4.44. The predicted molar refractivity (Wildman–Crippen MR) is 135 cm³/mol. The Morgan fingerprint density at radius 1 is 0.892 bits per heavy atom. The molecule has 37 heavy (non-hydrogen) atoms. The van der Waals surface area contributed by atoms with Gasteiger partial charge in [-0.05, 0) is 73.5 Å². The average molecular weight is 529 g/mol. The third kappa shape index (κ3) is 5.61. The molecule has 4 aromatic rings. The molecule has 0 saturated carbocycles. The summed E-state index contributed by atoms with van der Waals surface area (Å²) in [6, 6.07) is 19.9. The lowest BCUT2D eigenvalue weighted by Gasteiger charge is -2.33. The van der Waals surface area contributed by atoms with Crippen molar-refractivity contribution >= 4 is 37.9 Å². The fourth-order valence-corrected chi connectivity index (χ4v) is 6.18. The van der Waals surface area contributed by atoms with Crippen molar-refractivity contribution in [2.75, 3.05) is 23.3 Å². The number of aromatic nitrogens is 2. The van der Waals surface area contributed by atoms with Gasteiger partial charge < -0.3 is 15.0 Å². The second-order valence-corrected chi connectivity index (χ2v) is 10.9. The first-order chi connectivity index (χ1) is 17.7. The highest BCUT2D eigenvalue weighted by Gasteiger charge is 2.33. The highest BCUT2D eigenvalue weighted by atomic mass is 32.2. The van der Waals surface area contributed by atoms with Gasteiger partial charge in [0.05, 0.1) is 15.7 Å². The van der Waals surface area contributed by atoms with E-state index in [9.17, 15) is 21.6 Å². The van der Waals surface area contributed by atoms with Crippen LogP contribution in [0.15, 0.2) is 84.0 Å². The van der Waals surface area contributed by atoms with E-state index in [0.717, 1.165) is 46.5 Å². The zero-order valence-corrected chi connectivity index (χ0v) is 20.3. The van der Waals surface area contributed by atoms with E-state index in [0.29, 0.717) is 31.7 Å². The van der Waals surface area contributed by atoms with Crippen LogP contribution in [0.25, 0.3) is 10.9 Å². The Balaban J connectivity index is 1.21. The fraction of sp³-hybridized carbons (Fsp3) is 0.231. The van der Waals surface area contributed by atoms with Gasteiger partial charge in [-0.15, -0.1) is 13.2 Å². The third-order valence-corrected chi connectivity index (χ3v) is 8.58. The number of anilines is 3. The summed E-state index contributed by atoms with van der Waals surface area (Å²) in [5.74, 6) is 0.259. The van der Waals surface area contributed by atoms with E-state index in [1.54, 1.807) is 0 Å². The monoisotopic (exact) mass is 528 g/mol. The maximum Gasteiger partial charge on any atom is 0.573 e. The lowest BCUT2D eigenvalue weighted by Crippen LogP contribution is -2.39. The molecule has 0 atom stereocenters. The third-order valence-electron chi connectivity index (χ3n) is 6.30. The van der Waals surface area contributed by atoms with Crippen molar-refractivity contribution in [3.63, 3.8) is 0 Å². The van der Waals surface area contributed by atoms with E-state index in [4.69, 9.17) is 0 Å². The lowest BCUT2D eigenvalue weighted by atomic mass is 10.1. The van der Waals surface area contributed by atoms with Crippen LogP contribution in [-0.2, 0) is 9.84 Å². The number of rotatable bonds is 6. The summed E-state index contributed by atoms with van der Waals surface area (Å²) in [6.07, 6.45) is -2.49. The van der Waals surface area contributed by atoms with Crippen molar-refractivity contribution in [2.45, 2.75) is 29.3 Å². The Bertz CT molecular complexity index is 1480. The van der Waals surface area contributed by atoms with Gasteiger partial charge in [-0.3, -0.25) is 0 Å². The summed E-state index contributed by atoms with van der Waals surface area (Å²) in [4.78, 5) is 10.7. The number of halogens is 3. The van der Waals surface area contributed by atoms with Crippen LogP contribution in [0.1, 0.15) is 12.8 Å². The maximum atomic E-state index is 13.0. The Morgan fingerprint density at radius 2 is 1.57 bits per heavy atom. The van der Waals surface area contributed by atoms with Gasteiger partial charge in [-0.2, -0.15) is 0 Å². The number of nitrogens with zero attached hydrogens (tertiary/aromatic N) is 3. The quantitative estimate of drug-likeness (QED) is 0.343. The summed E-state index contributed by atoms with van der Waals surface area (Å²) >= 11 is 0. The zero-order valence-electron chi connectivity index (χ0n) is 19.5. The Labute approximate surface area is 211 Å². The SMILES string of the molecule is O=S(=O)(c1ccc(OC(F)(F)F)cc1)C1CCN(c2ccc(Nc3ncnc4ccccc34)cc2)CC1. The highest BCUT2D eigenvalue weighted by Crippen LogP contribution is 2.31. The van der Waals surface area contributed by atoms with Gasteiger partial charge in [0, 0.05) is 29.9 Å². The zero-order chi connectivity index (χ0) is 26.0. The van der Waals surface area contributed by atoms with Crippen LogP contribution >= 0.6 is 0 Å². The molecule has 7 nitrogen and oxygen atoms in total. The smallest absolute Gasteiger partial charge is 0.406 e. The molecule has 0 unspecified atom stereocenters. The Morgan fingerprint density at radius 3 is 2.24 bits per heavy atom. The van der Waals surface area contributed by atoms with E-state index in [2.05, 4.69) is 24.9 Å². The second-order valence-electron chi connectivity index (χ2n) is 8.66. The van der Waals surface area contributed by atoms with E-state index in [-0.39, 0.29) is 4.90 Å². The number of benzene rings is 3. The van der Waals surface area contributed by atoms with Crippen LogP contribution in [0, 0.1) is 0 Å². The summed E-state index contributed by atoms with van der Waals surface area (Å²) in [5.41, 5.74) is 2.69. The van der Waals surface area contributed by atoms with Crippen LogP contribution in [0.4, 0.5) is 30.4 Å². The summed E-state index contributed by atoms with van der Waals surface area (Å²) in [5, 5.41) is 3.63. The largest absolute Gasteiger partial charge is 0.573 e. The molecular formula is C26H23F3N4O3S. The molecule has 11 heteroatoms.